The van der Waals surface area contributed by atoms with Crippen LogP contribution in [0.1, 0.15) is 39.8 Å². The molecule has 2 aromatic rings. The minimum absolute atomic E-state index is 0.211. The molecule has 2 heterocycles. The van der Waals surface area contributed by atoms with Gasteiger partial charge in [-0.1, -0.05) is 36.9 Å². The highest BCUT2D eigenvalue weighted by Crippen LogP contribution is 2.30. The molecule has 8 nitrogen and oxygen atoms in total. The quantitative estimate of drug-likeness (QED) is 0.360. The van der Waals surface area contributed by atoms with Crippen molar-refractivity contribution in [1.29, 1.82) is 0 Å². The molecule has 0 bridgehead atoms. The van der Waals surface area contributed by atoms with Gasteiger partial charge in [0, 0.05) is 58.1 Å². The van der Waals surface area contributed by atoms with Crippen molar-refractivity contribution in [3.63, 3.8) is 0 Å². The van der Waals surface area contributed by atoms with E-state index in [1.54, 1.807) is 16.3 Å². The first-order valence-electron chi connectivity index (χ1n) is 12.8. The number of benzene rings is 1. The number of rotatable bonds is 8. The van der Waals surface area contributed by atoms with Gasteiger partial charge in [0.15, 0.2) is 5.17 Å². The van der Waals surface area contributed by atoms with E-state index in [1.165, 1.54) is 0 Å². The molecule has 1 aliphatic rings. The predicted octanol–water partition coefficient (Wildman–Crippen LogP) is 5.14. The lowest BCUT2D eigenvalue weighted by molar-refractivity contribution is 0.0734. The highest BCUT2D eigenvalue weighted by molar-refractivity contribution is 8.16. The van der Waals surface area contributed by atoms with Crippen molar-refractivity contribution in [2.45, 2.75) is 53.2 Å². The number of ether oxygens (including phenoxy) is 1. The molecule has 1 saturated heterocycles. The summed E-state index contributed by atoms with van der Waals surface area (Å²) in [5.74, 6) is 0.564. The van der Waals surface area contributed by atoms with E-state index in [0.717, 1.165) is 49.1 Å². The Balaban J connectivity index is 0.000000281. The number of aromatic nitrogens is 2. The van der Waals surface area contributed by atoms with Crippen LogP contribution >= 0.6 is 23.4 Å². The second-order valence-electron chi connectivity index (χ2n) is 8.61. The monoisotopic (exact) mass is 548 g/mol. The highest BCUT2D eigenvalue weighted by Gasteiger charge is 2.24. The summed E-state index contributed by atoms with van der Waals surface area (Å²) < 4.78 is 7.17. The Kier molecular flexibility index (Phi) is 12.5. The van der Waals surface area contributed by atoms with E-state index in [-0.39, 0.29) is 11.2 Å². The number of hydrogen-bond donors (Lipinski definition) is 1. The highest BCUT2D eigenvalue weighted by atomic mass is 35.5. The van der Waals surface area contributed by atoms with E-state index >= 15 is 0 Å². The molecule has 1 fully saturated rings. The Hall–Kier alpha value is -2.49. The van der Waals surface area contributed by atoms with Crippen LogP contribution in [0.4, 0.5) is 11.4 Å². The van der Waals surface area contributed by atoms with Crippen molar-refractivity contribution in [3.05, 3.63) is 51.3 Å². The predicted molar refractivity (Wildman–Crippen MR) is 160 cm³/mol. The van der Waals surface area contributed by atoms with Crippen molar-refractivity contribution in [2.75, 3.05) is 51.0 Å². The number of hydrogen-bond acceptors (Lipinski definition) is 7. The zero-order chi connectivity index (χ0) is 27.5. The van der Waals surface area contributed by atoms with E-state index in [1.807, 2.05) is 63.4 Å². The number of anilines is 2. The summed E-state index contributed by atoms with van der Waals surface area (Å²) in [5.41, 5.74) is 8.23. The Morgan fingerprint density at radius 3 is 2.62 bits per heavy atom. The standard InChI is InChI=1S/C16H21ClN4O.C11H20N2OS/c1-5-13-14(18)16(22)21(6-2)15(19-13)11-8-7-10(20(3)4)9-12(11)17;1-4-12-11(15-6-3)13-8-7-10(9-13)14-5-2/h7-9H,5-6,18H2,1-4H3;6,10H,3-5,7-9H2,1-2H3/t;10-/m.1/s1. The molecule has 3 rings (SSSR count). The average Bonchev–Trinajstić information content (AvgIpc) is 3.34. The van der Waals surface area contributed by atoms with Gasteiger partial charge < -0.3 is 20.3 Å². The number of halogens is 1. The minimum Gasteiger partial charge on any atom is -0.393 e. The summed E-state index contributed by atoms with van der Waals surface area (Å²) in [6.45, 7) is 15.8. The summed E-state index contributed by atoms with van der Waals surface area (Å²) in [6.07, 6.45) is 2.09. The molecular weight excluding hydrogens is 508 g/mol. The fourth-order valence-corrected chi connectivity index (χ4v) is 4.97. The van der Waals surface area contributed by atoms with E-state index in [9.17, 15) is 4.79 Å². The second kappa shape index (κ2) is 15.1. The molecule has 0 amide bonds. The molecular formula is C27H41ClN6O2S. The molecule has 1 atom stereocenters. The van der Waals surface area contributed by atoms with Crippen molar-refractivity contribution in [1.82, 2.24) is 14.5 Å². The number of nitrogen functional groups attached to an aromatic ring is 1. The van der Waals surface area contributed by atoms with Gasteiger partial charge in [-0.25, -0.2) is 4.98 Å². The SMILES string of the molecule is C=CSC(=NCC)N1CC[C@@H](OCC)C1.CCc1nc(-c2ccc(N(C)C)cc2Cl)n(CC)c(=O)c1N. The third-order valence-electron chi connectivity index (χ3n) is 5.94. The van der Waals surface area contributed by atoms with E-state index in [2.05, 4.69) is 28.4 Å². The van der Waals surface area contributed by atoms with Crippen LogP contribution in [0, 0.1) is 0 Å². The first-order chi connectivity index (χ1) is 17.7. The maximum atomic E-state index is 12.4. The topological polar surface area (TPSA) is 89.0 Å². The largest absolute Gasteiger partial charge is 0.393 e. The van der Waals surface area contributed by atoms with Crippen molar-refractivity contribution in [3.8, 4) is 11.4 Å². The minimum atomic E-state index is -0.211. The molecule has 10 heteroatoms. The molecule has 0 unspecified atom stereocenters. The lowest BCUT2D eigenvalue weighted by Crippen LogP contribution is -2.28. The number of aryl methyl sites for hydroxylation is 1. The van der Waals surface area contributed by atoms with Crippen LogP contribution in [0.5, 0.6) is 0 Å². The number of nitrogens with two attached hydrogens (primary N) is 1. The second-order valence-corrected chi connectivity index (χ2v) is 9.95. The van der Waals surface area contributed by atoms with Gasteiger partial charge >= 0.3 is 0 Å². The Morgan fingerprint density at radius 2 is 2.08 bits per heavy atom. The maximum absolute atomic E-state index is 12.4. The molecule has 0 radical (unpaired) electrons. The van der Waals surface area contributed by atoms with Crippen LogP contribution in [-0.4, -0.2) is 66.1 Å². The number of thioether (sulfide) groups is 1. The first-order valence-corrected chi connectivity index (χ1v) is 14.0. The number of aliphatic imine (C=N–C) groups is 1. The lowest BCUT2D eigenvalue weighted by atomic mass is 10.1. The molecule has 0 saturated carbocycles. The van der Waals surface area contributed by atoms with Crippen LogP contribution in [-0.2, 0) is 17.7 Å². The normalized spacial score (nSPS) is 15.4. The average molecular weight is 549 g/mol. The first kappa shape index (κ1) is 30.7. The molecule has 1 aliphatic heterocycles. The van der Waals surface area contributed by atoms with Crippen molar-refractivity contribution in [2.24, 2.45) is 4.99 Å². The zero-order valence-electron chi connectivity index (χ0n) is 23.0. The van der Waals surface area contributed by atoms with Gasteiger partial charge in [-0.3, -0.25) is 14.4 Å². The fourth-order valence-electron chi connectivity index (χ4n) is 4.04. The van der Waals surface area contributed by atoms with Gasteiger partial charge in [-0.05, 0) is 57.2 Å². The van der Waals surface area contributed by atoms with Crippen molar-refractivity contribution < 1.29 is 4.74 Å². The Bertz CT molecular complexity index is 1130. The summed E-state index contributed by atoms with van der Waals surface area (Å²) in [7, 11) is 3.90. The van der Waals surface area contributed by atoms with Crippen LogP contribution < -0.4 is 16.2 Å². The maximum Gasteiger partial charge on any atom is 0.277 e. The van der Waals surface area contributed by atoms with Crippen molar-refractivity contribution >= 4 is 39.9 Å². The molecule has 0 aliphatic carbocycles. The van der Waals surface area contributed by atoms with E-state index in [0.29, 0.717) is 35.6 Å². The van der Waals surface area contributed by atoms with Crippen LogP contribution in [0.15, 0.2) is 40.0 Å². The van der Waals surface area contributed by atoms with Crippen LogP contribution in [0.2, 0.25) is 5.02 Å². The van der Waals surface area contributed by atoms with Crippen LogP contribution in [0.25, 0.3) is 11.4 Å². The Labute approximate surface area is 230 Å². The molecule has 0 spiro atoms. The summed E-state index contributed by atoms with van der Waals surface area (Å²) in [4.78, 5) is 25.7. The van der Waals surface area contributed by atoms with E-state index in [4.69, 9.17) is 22.1 Å². The molecule has 204 valence electrons. The van der Waals surface area contributed by atoms with Gasteiger partial charge in [0.2, 0.25) is 0 Å². The number of likely N-dealkylation sites (tertiary alicyclic amines) is 1. The molecule has 1 aromatic carbocycles. The van der Waals surface area contributed by atoms with Gasteiger partial charge in [-0.15, -0.1) is 0 Å². The third-order valence-corrected chi connectivity index (χ3v) is 7.02. The van der Waals surface area contributed by atoms with Gasteiger partial charge in [0.05, 0.1) is 16.8 Å². The van der Waals surface area contributed by atoms with Crippen LogP contribution in [0.3, 0.4) is 0 Å². The lowest BCUT2D eigenvalue weighted by Gasteiger charge is -2.18. The summed E-state index contributed by atoms with van der Waals surface area (Å²) in [5, 5.41) is 3.48. The van der Waals surface area contributed by atoms with Gasteiger partial charge in [-0.2, -0.15) is 0 Å². The van der Waals surface area contributed by atoms with Gasteiger partial charge in [0.25, 0.3) is 5.56 Å². The Morgan fingerprint density at radius 1 is 1.35 bits per heavy atom. The van der Waals surface area contributed by atoms with E-state index < -0.39 is 0 Å². The zero-order valence-corrected chi connectivity index (χ0v) is 24.5. The molecule has 37 heavy (non-hydrogen) atoms. The smallest absolute Gasteiger partial charge is 0.277 e. The number of nitrogens with zero attached hydrogens (tertiary/aromatic N) is 5. The fraction of sp³-hybridized carbons (Fsp3) is 0.519. The number of amidine groups is 1. The summed E-state index contributed by atoms with van der Waals surface area (Å²) >= 11 is 8.01. The molecule has 1 aromatic heterocycles. The third kappa shape index (κ3) is 7.99. The van der Waals surface area contributed by atoms with Gasteiger partial charge in [0.1, 0.15) is 11.5 Å². The summed E-state index contributed by atoms with van der Waals surface area (Å²) in [6, 6.07) is 5.71. The molecule has 2 N–H and O–H groups in total.